The second kappa shape index (κ2) is 9.94. The predicted octanol–water partition coefficient (Wildman–Crippen LogP) is 3.79. The van der Waals surface area contributed by atoms with Crippen molar-refractivity contribution >= 4 is 11.9 Å². The maximum absolute atomic E-state index is 13.5. The van der Waals surface area contributed by atoms with Crippen LogP contribution in [0.5, 0.6) is 0 Å². The lowest BCUT2D eigenvalue weighted by Gasteiger charge is -2.36. The number of amides is 1. The number of benzene rings is 1. The van der Waals surface area contributed by atoms with Crippen LogP contribution in [-0.4, -0.2) is 72.5 Å². The summed E-state index contributed by atoms with van der Waals surface area (Å²) >= 11 is 0. The third kappa shape index (κ3) is 5.26. The molecule has 0 N–H and O–H groups in total. The molecule has 172 valence electrons. The number of piperidine rings is 2. The van der Waals surface area contributed by atoms with E-state index < -0.39 is 0 Å². The van der Waals surface area contributed by atoms with Crippen LogP contribution in [0.15, 0.2) is 30.5 Å². The normalized spacial score (nSPS) is 20.4. The van der Waals surface area contributed by atoms with E-state index in [-0.39, 0.29) is 17.6 Å². The zero-order valence-corrected chi connectivity index (χ0v) is 19.4. The molecule has 1 amide bonds. The van der Waals surface area contributed by atoms with Gasteiger partial charge in [0.25, 0.3) is 0 Å². The van der Waals surface area contributed by atoms with Crippen LogP contribution in [0.4, 0.5) is 10.3 Å². The molecule has 7 heteroatoms. The van der Waals surface area contributed by atoms with Crippen LogP contribution in [0.2, 0.25) is 0 Å². The van der Waals surface area contributed by atoms with Crippen LogP contribution in [-0.2, 0) is 4.79 Å². The number of hydrogen-bond donors (Lipinski definition) is 0. The molecule has 1 aromatic heterocycles. The minimum Gasteiger partial charge on any atom is -0.347 e. The van der Waals surface area contributed by atoms with Gasteiger partial charge in [0.1, 0.15) is 5.82 Å². The summed E-state index contributed by atoms with van der Waals surface area (Å²) in [5.41, 5.74) is 2.76. The molecule has 2 aromatic rings. The molecule has 6 nitrogen and oxygen atoms in total. The van der Waals surface area contributed by atoms with Gasteiger partial charge < -0.3 is 9.80 Å². The predicted molar refractivity (Wildman–Crippen MR) is 125 cm³/mol. The van der Waals surface area contributed by atoms with Crippen molar-refractivity contribution in [3.8, 4) is 11.1 Å². The first-order valence-corrected chi connectivity index (χ1v) is 11.7. The minimum atomic E-state index is -0.261. The van der Waals surface area contributed by atoms with E-state index in [9.17, 15) is 9.18 Å². The number of carbonyl (C=O) groups is 1. The lowest BCUT2D eigenvalue weighted by Crippen LogP contribution is -2.46. The average Bonchev–Trinajstić information content (AvgIpc) is 2.81. The maximum Gasteiger partial charge on any atom is 0.236 e. The first-order valence-electron chi connectivity index (χ1n) is 11.7. The van der Waals surface area contributed by atoms with Gasteiger partial charge >= 0.3 is 0 Å². The van der Waals surface area contributed by atoms with Crippen LogP contribution in [0.3, 0.4) is 0 Å². The lowest BCUT2D eigenvalue weighted by molar-refractivity contribution is -0.134. The molecule has 3 heterocycles. The number of halogens is 1. The lowest BCUT2D eigenvalue weighted by atomic mass is 9.90. The van der Waals surface area contributed by atoms with E-state index in [1.54, 1.807) is 12.1 Å². The number of aromatic nitrogens is 2. The van der Waals surface area contributed by atoms with E-state index in [0.29, 0.717) is 19.0 Å². The van der Waals surface area contributed by atoms with Crippen molar-refractivity contribution in [2.24, 2.45) is 5.92 Å². The highest BCUT2D eigenvalue weighted by atomic mass is 19.1. The van der Waals surface area contributed by atoms with Crippen LogP contribution in [0.1, 0.15) is 44.2 Å². The van der Waals surface area contributed by atoms with E-state index in [0.717, 1.165) is 55.2 Å². The van der Waals surface area contributed by atoms with Crippen molar-refractivity contribution in [3.63, 3.8) is 0 Å². The number of hydrogen-bond acceptors (Lipinski definition) is 5. The Hall–Kier alpha value is -2.54. The summed E-state index contributed by atoms with van der Waals surface area (Å²) in [6, 6.07) is 6.48. The van der Waals surface area contributed by atoms with Crippen LogP contribution in [0, 0.1) is 11.7 Å². The Labute approximate surface area is 190 Å². The second-order valence-electron chi connectivity index (χ2n) is 9.51. The highest BCUT2D eigenvalue weighted by Gasteiger charge is 2.29. The van der Waals surface area contributed by atoms with Gasteiger partial charge in [0.15, 0.2) is 0 Å². The number of likely N-dealkylation sites (tertiary alicyclic amines) is 2. The standard InChI is InChI=1S/C25H34FN5O/c1-18-10-13-30(14-11-18)17-23(32)31-12-4-5-20(16-31)24-22(15-27-25(28-24)29(2)3)19-6-8-21(26)9-7-19/h6-9,15,18,20H,4-5,10-14,16-17H2,1-3H3/t20-/m0/s1. The number of rotatable bonds is 5. The summed E-state index contributed by atoms with van der Waals surface area (Å²) in [4.78, 5) is 28.7. The molecule has 0 aliphatic carbocycles. The molecule has 0 bridgehead atoms. The van der Waals surface area contributed by atoms with E-state index in [1.807, 2.05) is 30.1 Å². The molecular formula is C25H34FN5O. The maximum atomic E-state index is 13.5. The van der Waals surface area contributed by atoms with Gasteiger partial charge in [-0.15, -0.1) is 0 Å². The summed E-state index contributed by atoms with van der Waals surface area (Å²) in [6.07, 6.45) is 6.11. The average molecular weight is 440 g/mol. The zero-order chi connectivity index (χ0) is 22.7. The Bertz CT molecular complexity index is 924. The van der Waals surface area contributed by atoms with Crippen molar-refractivity contribution in [3.05, 3.63) is 42.0 Å². The smallest absolute Gasteiger partial charge is 0.236 e. The molecule has 1 aromatic carbocycles. The molecule has 2 saturated heterocycles. The summed E-state index contributed by atoms with van der Waals surface area (Å²) < 4.78 is 13.5. The zero-order valence-electron chi connectivity index (χ0n) is 19.4. The fourth-order valence-electron chi connectivity index (χ4n) is 4.70. The number of carbonyl (C=O) groups excluding carboxylic acids is 1. The van der Waals surface area contributed by atoms with Gasteiger partial charge in [-0.2, -0.15) is 0 Å². The Balaban J connectivity index is 1.54. The van der Waals surface area contributed by atoms with Gasteiger partial charge in [-0.3, -0.25) is 9.69 Å². The fourth-order valence-corrected chi connectivity index (χ4v) is 4.70. The molecule has 0 saturated carbocycles. The van der Waals surface area contributed by atoms with E-state index in [1.165, 1.54) is 25.0 Å². The van der Waals surface area contributed by atoms with E-state index in [2.05, 4.69) is 16.8 Å². The van der Waals surface area contributed by atoms with E-state index in [4.69, 9.17) is 4.98 Å². The second-order valence-corrected chi connectivity index (χ2v) is 9.51. The Morgan fingerprint density at radius 3 is 2.53 bits per heavy atom. The highest BCUT2D eigenvalue weighted by Crippen LogP contribution is 2.34. The monoisotopic (exact) mass is 439 g/mol. The van der Waals surface area contributed by atoms with Gasteiger partial charge in [0.05, 0.1) is 12.2 Å². The highest BCUT2D eigenvalue weighted by molar-refractivity contribution is 5.78. The van der Waals surface area contributed by atoms with Crippen LogP contribution < -0.4 is 4.90 Å². The molecule has 4 rings (SSSR count). The van der Waals surface area contributed by atoms with Gasteiger partial charge in [-0.05, 0) is 62.4 Å². The van der Waals surface area contributed by atoms with Crippen molar-refractivity contribution in [2.45, 2.75) is 38.5 Å². The first-order chi connectivity index (χ1) is 15.4. The van der Waals surface area contributed by atoms with Gasteiger partial charge in [-0.25, -0.2) is 14.4 Å². The number of nitrogens with zero attached hydrogens (tertiary/aromatic N) is 5. The third-order valence-corrected chi connectivity index (χ3v) is 6.76. The fraction of sp³-hybridized carbons (Fsp3) is 0.560. The molecule has 0 radical (unpaired) electrons. The molecular weight excluding hydrogens is 405 g/mol. The largest absolute Gasteiger partial charge is 0.347 e. The first kappa shape index (κ1) is 22.6. The van der Waals surface area contributed by atoms with E-state index >= 15 is 0 Å². The number of anilines is 1. The molecule has 2 fully saturated rings. The Kier molecular flexibility index (Phi) is 7.04. The molecule has 0 spiro atoms. The molecule has 2 aliphatic rings. The summed E-state index contributed by atoms with van der Waals surface area (Å²) in [6.45, 7) is 6.29. The SMILES string of the molecule is CC1CCN(CC(=O)N2CCC[C@H](c3nc(N(C)C)ncc3-c3ccc(F)cc3)C2)CC1. The third-order valence-electron chi connectivity index (χ3n) is 6.76. The molecule has 2 aliphatic heterocycles. The quantitative estimate of drug-likeness (QED) is 0.710. The van der Waals surface area contributed by atoms with Crippen molar-refractivity contribution in [1.29, 1.82) is 0 Å². The Morgan fingerprint density at radius 1 is 1.12 bits per heavy atom. The van der Waals surface area contributed by atoms with Gasteiger partial charge in [0.2, 0.25) is 11.9 Å². The summed E-state index contributed by atoms with van der Waals surface area (Å²) in [5, 5.41) is 0. The summed E-state index contributed by atoms with van der Waals surface area (Å²) in [5.74, 6) is 1.50. The molecule has 0 unspecified atom stereocenters. The van der Waals surface area contributed by atoms with Crippen LogP contribution in [0.25, 0.3) is 11.1 Å². The Morgan fingerprint density at radius 2 is 1.84 bits per heavy atom. The van der Waals surface area contributed by atoms with Gasteiger partial charge in [0, 0.05) is 44.9 Å². The topological polar surface area (TPSA) is 52.6 Å². The minimum absolute atomic E-state index is 0.135. The molecule has 1 atom stereocenters. The van der Waals surface area contributed by atoms with Crippen LogP contribution >= 0.6 is 0 Å². The van der Waals surface area contributed by atoms with Crippen molar-refractivity contribution in [2.75, 3.05) is 51.7 Å². The van der Waals surface area contributed by atoms with Crippen molar-refractivity contribution in [1.82, 2.24) is 19.8 Å². The summed E-state index contributed by atoms with van der Waals surface area (Å²) in [7, 11) is 3.85. The van der Waals surface area contributed by atoms with Crippen molar-refractivity contribution < 1.29 is 9.18 Å². The van der Waals surface area contributed by atoms with Gasteiger partial charge in [-0.1, -0.05) is 19.1 Å². The molecule has 32 heavy (non-hydrogen) atoms.